The van der Waals surface area contributed by atoms with E-state index in [2.05, 4.69) is 135 Å². The number of nitrogens with zero attached hydrogens (tertiary/aromatic N) is 3. The maximum absolute atomic E-state index is 5.39. The van der Waals surface area contributed by atoms with Crippen molar-refractivity contribution in [2.45, 2.75) is 19.3 Å². The Labute approximate surface area is 261 Å². The van der Waals surface area contributed by atoms with E-state index in [4.69, 9.17) is 15.0 Å². The summed E-state index contributed by atoms with van der Waals surface area (Å²) in [5.41, 5.74) is 7.96. The fraction of sp³-hybridized carbons (Fsp3) is 0.0714. The lowest BCUT2D eigenvalue weighted by molar-refractivity contribution is 0.661. The molecule has 0 fully saturated rings. The molecule has 45 heavy (non-hydrogen) atoms. The predicted octanol–water partition coefficient (Wildman–Crippen LogP) is 10.6. The van der Waals surface area contributed by atoms with Crippen LogP contribution < -0.4 is 0 Å². The van der Waals surface area contributed by atoms with Gasteiger partial charge in [0.05, 0.1) is 0 Å². The Morgan fingerprint density at radius 2 is 1.07 bits per heavy atom. The molecule has 0 aliphatic heterocycles. The van der Waals surface area contributed by atoms with Gasteiger partial charge in [0, 0.05) is 27.5 Å². The lowest BCUT2D eigenvalue weighted by Gasteiger charge is -2.24. The maximum atomic E-state index is 5.39. The Kier molecular flexibility index (Phi) is 5.54. The number of fused-ring (bicyclic) bond motifs is 7. The molecule has 0 bridgehead atoms. The molecule has 0 unspecified atom stereocenters. The lowest BCUT2D eigenvalue weighted by Crippen LogP contribution is -2.17. The van der Waals surface area contributed by atoms with Gasteiger partial charge in [-0.15, -0.1) is 0 Å². The van der Waals surface area contributed by atoms with Crippen LogP contribution >= 0.6 is 0 Å². The van der Waals surface area contributed by atoms with E-state index in [1.807, 2.05) is 18.2 Å². The third kappa shape index (κ3) is 3.87. The van der Waals surface area contributed by atoms with Crippen molar-refractivity contribution in [1.82, 2.24) is 15.0 Å². The Bertz CT molecular complexity index is 2460. The van der Waals surface area contributed by atoms with E-state index in [1.54, 1.807) is 0 Å². The van der Waals surface area contributed by atoms with Crippen molar-refractivity contribution in [3.8, 4) is 45.3 Å². The normalized spacial score (nSPS) is 13.3. The summed E-state index contributed by atoms with van der Waals surface area (Å²) in [4.78, 5) is 15.8. The molecule has 0 saturated carbocycles. The van der Waals surface area contributed by atoms with Crippen LogP contribution in [-0.2, 0) is 5.41 Å². The van der Waals surface area contributed by atoms with Crippen LogP contribution in [0, 0.1) is 0 Å². The van der Waals surface area contributed by atoms with Crippen LogP contribution in [0.4, 0.5) is 0 Å². The molecule has 1 aliphatic rings. The zero-order chi connectivity index (χ0) is 30.1. The summed E-state index contributed by atoms with van der Waals surface area (Å²) in [5, 5.41) is 7.01. The third-order valence-corrected chi connectivity index (χ3v) is 9.46. The Morgan fingerprint density at radius 1 is 0.444 bits per heavy atom. The Hall–Kier alpha value is -5.67. The average molecular weight is 576 g/mol. The minimum absolute atomic E-state index is 0.204. The second-order valence-electron chi connectivity index (χ2n) is 12.4. The zero-order valence-electron chi connectivity index (χ0n) is 25.1. The highest BCUT2D eigenvalue weighted by Gasteiger charge is 2.38. The first-order chi connectivity index (χ1) is 22.1. The van der Waals surface area contributed by atoms with Gasteiger partial charge in [-0.05, 0) is 55.3 Å². The predicted molar refractivity (Wildman–Crippen MR) is 186 cm³/mol. The van der Waals surface area contributed by atoms with Crippen molar-refractivity contribution in [2.24, 2.45) is 0 Å². The van der Waals surface area contributed by atoms with Crippen LogP contribution in [0.1, 0.15) is 25.0 Å². The lowest BCUT2D eigenvalue weighted by atomic mass is 9.80. The molecule has 3 heteroatoms. The number of aromatic nitrogens is 3. The minimum Gasteiger partial charge on any atom is -0.208 e. The molecule has 0 atom stereocenters. The van der Waals surface area contributed by atoms with E-state index < -0.39 is 0 Å². The van der Waals surface area contributed by atoms with Crippen LogP contribution in [0.3, 0.4) is 0 Å². The van der Waals surface area contributed by atoms with Gasteiger partial charge < -0.3 is 0 Å². The van der Waals surface area contributed by atoms with Crippen LogP contribution in [-0.4, -0.2) is 15.0 Å². The van der Waals surface area contributed by atoms with Gasteiger partial charge in [-0.1, -0.05) is 147 Å². The van der Waals surface area contributed by atoms with Gasteiger partial charge >= 0.3 is 0 Å². The van der Waals surface area contributed by atoms with Crippen molar-refractivity contribution in [3.05, 3.63) is 151 Å². The standard InChI is InChI=1S/C42H29N3/c1-42(2)35-22-11-10-19-32(35)33-20-12-21-34(38(33)42)40-43-39(27-14-4-3-5-15-27)44-41(45-40)37-31-18-9-7-16-28(31)25-29-24-23-26-13-6-8-17-30(26)36(29)37/h3-25H,1-2H3. The molecule has 1 aliphatic carbocycles. The molecule has 0 radical (unpaired) electrons. The van der Waals surface area contributed by atoms with E-state index >= 15 is 0 Å². The summed E-state index contributed by atoms with van der Waals surface area (Å²) in [6.45, 7) is 4.62. The largest absolute Gasteiger partial charge is 0.208 e. The second kappa shape index (κ2) is 9.67. The maximum Gasteiger partial charge on any atom is 0.165 e. The number of benzene rings is 7. The molecule has 0 saturated heterocycles. The monoisotopic (exact) mass is 575 g/mol. The molecule has 0 N–H and O–H groups in total. The molecular weight excluding hydrogens is 546 g/mol. The SMILES string of the molecule is CC1(C)c2ccccc2-c2cccc(-c3nc(-c4ccccc4)nc(-c4c5ccccc5cc5ccc6ccccc6c45)n3)c21. The van der Waals surface area contributed by atoms with Crippen LogP contribution in [0.15, 0.2) is 140 Å². The van der Waals surface area contributed by atoms with Gasteiger partial charge in [-0.25, -0.2) is 15.0 Å². The van der Waals surface area contributed by atoms with Gasteiger partial charge in [0.25, 0.3) is 0 Å². The molecule has 212 valence electrons. The molecule has 9 rings (SSSR count). The summed E-state index contributed by atoms with van der Waals surface area (Å²) in [7, 11) is 0. The van der Waals surface area contributed by atoms with Crippen LogP contribution in [0.2, 0.25) is 0 Å². The van der Waals surface area contributed by atoms with Crippen molar-refractivity contribution >= 4 is 32.3 Å². The van der Waals surface area contributed by atoms with E-state index in [0.29, 0.717) is 17.5 Å². The van der Waals surface area contributed by atoms with Gasteiger partial charge in [-0.2, -0.15) is 0 Å². The van der Waals surface area contributed by atoms with Gasteiger partial charge in [0.2, 0.25) is 0 Å². The minimum atomic E-state index is -0.204. The zero-order valence-corrected chi connectivity index (χ0v) is 25.1. The first-order valence-corrected chi connectivity index (χ1v) is 15.5. The van der Waals surface area contributed by atoms with Crippen molar-refractivity contribution in [1.29, 1.82) is 0 Å². The molecule has 3 nitrogen and oxygen atoms in total. The fourth-order valence-electron chi connectivity index (χ4n) is 7.43. The number of hydrogen-bond donors (Lipinski definition) is 0. The number of rotatable bonds is 3. The van der Waals surface area contributed by atoms with Crippen LogP contribution in [0.25, 0.3) is 77.6 Å². The first kappa shape index (κ1) is 25.8. The molecule has 1 aromatic heterocycles. The quantitative estimate of drug-likeness (QED) is 0.155. The summed E-state index contributed by atoms with van der Waals surface area (Å²) in [6, 6.07) is 49.4. The van der Waals surface area contributed by atoms with Crippen molar-refractivity contribution < 1.29 is 0 Å². The molecule has 8 aromatic rings. The highest BCUT2D eigenvalue weighted by Crippen LogP contribution is 2.52. The summed E-state index contributed by atoms with van der Waals surface area (Å²) < 4.78 is 0. The van der Waals surface area contributed by atoms with Crippen LogP contribution in [0.5, 0.6) is 0 Å². The van der Waals surface area contributed by atoms with E-state index in [1.165, 1.54) is 38.4 Å². The van der Waals surface area contributed by atoms with Gasteiger partial charge in [-0.3, -0.25) is 0 Å². The number of hydrogen-bond acceptors (Lipinski definition) is 3. The van der Waals surface area contributed by atoms with Gasteiger partial charge in [0.1, 0.15) is 0 Å². The molecule has 0 spiro atoms. The van der Waals surface area contributed by atoms with Crippen molar-refractivity contribution in [2.75, 3.05) is 0 Å². The summed E-state index contributed by atoms with van der Waals surface area (Å²) in [6.07, 6.45) is 0. The van der Waals surface area contributed by atoms with E-state index in [0.717, 1.165) is 32.8 Å². The molecule has 0 amide bonds. The summed E-state index contributed by atoms with van der Waals surface area (Å²) >= 11 is 0. The smallest absolute Gasteiger partial charge is 0.165 e. The highest BCUT2D eigenvalue weighted by atomic mass is 15.0. The van der Waals surface area contributed by atoms with Crippen molar-refractivity contribution in [3.63, 3.8) is 0 Å². The molecular formula is C42H29N3. The van der Waals surface area contributed by atoms with Gasteiger partial charge in [0.15, 0.2) is 17.5 Å². The molecule has 7 aromatic carbocycles. The third-order valence-electron chi connectivity index (χ3n) is 9.46. The Balaban J connectivity index is 1.41. The van der Waals surface area contributed by atoms with E-state index in [9.17, 15) is 0 Å². The Morgan fingerprint density at radius 3 is 1.93 bits per heavy atom. The average Bonchev–Trinajstić information content (AvgIpc) is 3.33. The van der Waals surface area contributed by atoms with E-state index in [-0.39, 0.29) is 5.41 Å². The fourth-order valence-corrected chi connectivity index (χ4v) is 7.43. The highest BCUT2D eigenvalue weighted by molar-refractivity contribution is 6.21. The second-order valence-corrected chi connectivity index (χ2v) is 12.4. The first-order valence-electron chi connectivity index (χ1n) is 15.5. The topological polar surface area (TPSA) is 38.7 Å². The molecule has 1 heterocycles. The summed E-state index contributed by atoms with van der Waals surface area (Å²) in [5.74, 6) is 2.05.